The van der Waals surface area contributed by atoms with Crippen LogP contribution in [0.1, 0.15) is 57.6 Å². The lowest BCUT2D eigenvalue weighted by atomic mass is 9.89. The highest BCUT2D eigenvalue weighted by Crippen LogP contribution is 2.23. The first-order valence-electron chi connectivity index (χ1n) is 8.69. The van der Waals surface area contributed by atoms with Crippen molar-refractivity contribution in [2.45, 2.75) is 52.0 Å². The highest BCUT2D eigenvalue weighted by molar-refractivity contribution is 5.78. The van der Waals surface area contributed by atoms with Crippen LogP contribution >= 0.6 is 0 Å². The van der Waals surface area contributed by atoms with Crippen molar-refractivity contribution in [2.24, 2.45) is 5.92 Å². The largest absolute Gasteiger partial charge is 0.354 e. The minimum absolute atomic E-state index is 0.0142. The van der Waals surface area contributed by atoms with Crippen molar-refractivity contribution < 1.29 is 9.59 Å². The smallest absolute Gasteiger partial charge is 0.223 e. The van der Waals surface area contributed by atoms with E-state index in [1.54, 1.807) is 6.92 Å². The Morgan fingerprint density at radius 2 is 1.83 bits per heavy atom. The number of nitrogens with one attached hydrogen (secondary N) is 1. The van der Waals surface area contributed by atoms with Crippen LogP contribution in [0.5, 0.6) is 0 Å². The standard InChI is InChI=1S/C19H28N2O2/c1-15(17-9-5-3-6-10-17)21(16(2)22)14-13-20-19(23)18-11-7-4-8-12-18/h3,5-6,9-10,15,18H,4,7-8,11-14H2,1-2H3,(H,20,23). The van der Waals surface area contributed by atoms with Gasteiger partial charge in [0.05, 0.1) is 6.04 Å². The van der Waals surface area contributed by atoms with Gasteiger partial charge in [-0.2, -0.15) is 0 Å². The van der Waals surface area contributed by atoms with Crippen molar-refractivity contribution in [3.8, 4) is 0 Å². The SMILES string of the molecule is CC(=O)N(CCNC(=O)C1CCCCC1)C(C)c1ccccc1. The first-order valence-corrected chi connectivity index (χ1v) is 8.69. The summed E-state index contributed by atoms with van der Waals surface area (Å²) in [6, 6.07) is 10.0. The maximum Gasteiger partial charge on any atom is 0.223 e. The number of amides is 2. The van der Waals surface area contributed by atoms with Crippen molar-refractivity contribution in [3.63, 3.8) is 0 Å². The van der Waals surface area contributed by atoms with Crippen LogP contribution in [0, 0.1) is 5.92 Å². The predicted molar refractivity (Wildman–Crippen MR) is 91.8 cm³/mol. The maximum absolute atomic E-state index is 12.2. The number of benzene rings is 1. The molecule has 1 atom stereocenters. The third-order valence-electron chi connectivity index (χ3n) is 4.78. The molecule has 1 aliphatic carbocycles. The normalized spacial score (nSPS) is 16.6. The second-order valence-electron chi connectivity index (χ2n) is 6.43. The lowest BCUT2D eigenvalue weighted by Crippen LogP contribution is -2.40. The average molecular weight is 316 g/mol. The summed E-state index contributed by atoms with van der Waals surface area (Å²) in [7, 11) is 0. The van der Waals surface area contributed by atoms with Crippen molar-refractivity contribution >= 4 is 11.8 Å². The van der Waals surface area contributed by atoms with E-state index in [2.05, 4.69) is 5.32 Å². The van der Waals surface area contributed by atoms with Gasteiger partial charge >= 0.3 is 0 Å². The Morgan fingerprint density at radius 1 is 1.17 bits per heavy atom. The summed E-state index contributed by atoms with van der Waals surface area (Å²) in [6.45, 7) is 4.68. The van der Waals surface area contributed by atoms with Gasteiger partial charge in [0.1, 0.15) is 0 Å². The van der Waals surface area contributed by atoms with Crippen LogP contribution < -0.4 is 5.32 Å². The quantitative estimate of drug-likeness (QED) is 0.875. The molecular formula is C19H28N2O2. The van der Waals surface area contributed by atoms with Gasteiger partial charge in [0.2, 0.25) is 11.8 Å². The van der Waals surface area contributed by atoms with Crippen LogP contribution in [0.2, 0.25) is 0 Å². The first-order chi connectivity index (χ1) is 11.1. The molecule has 4 nitrogen and oxygen atoms in total. The van der Waals surface area contributed by atoms with Crippen LogP contribution in [0.3, 0.4) is 0 Å². The molecule has 2 rings (SSSR count). The summed E-state index contributed by atoms with van der Waals surface area (Å²) >= 11 is 0. The molecule has 0 aromatic heterocycles. The molecule has 1 N–H and O–H groups in total. The third kappa shape index (κ3) is 5.08. The van der Waals surface area contributed by atoms with Crippen LogP contribution in [0.4, 0.5) is 0 Å². The van der Waals surface area contributed by atoms with E-state index < -0.39 is 0 Å². The van der Waals surface area contributed by atoms with E-state index in [1.165, 1.54) is 6.42 Å². The predicted octanol–water partition coefficient (Wildman–Crippen LogP) is 3.29. The zero-order chi connectivity index (χ0) is 16.7. The number of hydrogen-bond acceptors (Lipinski definition) is 2. The minimum atomic E-state index is 0.0142. The molecule has 1 unspecified atom stereocenters. The van der Waals surface area contributed by atoms with Crippen LogP contribution in [0.15, 0.2) is 30.3 Å². The molecule has 1 fully saturated rings. The lowest BCUT2D eigenvalue weighted by molar-refractivity contribution is -0.132. The van der Waals surface area contributed by atoms with Gasteiger partial charge in [0.25, 0.3) is 0 Å². The highest BCUT2D eigenvalue weighted by Gasteiger charge is 2.22. The molecule has 2 amide bonds. The molecule has 1 saturated carbocycles. The lowest BCUT2D eigenvalue weighted by Gasteiger charge is -2.29. The molecule has 0 aliphatic heterocycles. The van der Waals surface area contributed by atoms with Crippen molar-refractivity contribution in [2.75, 3.05) is 13.1 Å². The van der Waals surface area contributed by atoms with E-state index in [9.17, 15) is 9.59 Å². The number of carbonyl (C=O) groups is 2. The molecule has 1 aromatic rings. The fourth-order valence-electron chi connectivity index (χ4n) is 3.34. The van der Waals surface area contributed by atoms with Gasteiger partial charge in [0, 0.05) is 25.9 Å². The molecule has 0 heterocycles. The Balaban J connectivity index is 1.85. The molecule has 126 valence electrons. The second kappa shape index (κ2) is 8.70. The zero-order valence-corrected chi connectivity index (χ0v) is 14.3. The van der Waals surface area contributed by atoms with Gasteiger partial charge in [-0.1, -0.05) is 49.6 Å². The molecular weight excluding hydrogens is 288 g/mol. The Labute approximate surface area is 139 Å². The van der Waals surface area contributed by atoms with E-state index in [1.807, 2.05) is 42.2 Å². The summed E-state index contributed by atoms with van der Waals surface area (Å²) in [4.78, 5) is 25.9. The fourth-order valence-corrected chi connectivity index (χ4v) is 3.34. The van der Waals surface area contributed by atoms with Gasteiger partial charge < -0.3 is 10.2 Å². The van der Waals surface area contributed by atoms with Gasteiger partial charge in [-0.3, -0.25) is 9.59 Å². The Bertz CT molecular complexity index is 509. The Hall–Kier alpha value is -1.84. The van der Waals surface area contributed by atoms with Crippen molar-refractivity contribution in [1.82, 2.24) is 10.2 Å². The first kappa shape index (κ1) is 17.5. The number of rotatable bonds is 6. The second-order valence-corrected chi connectivity index (χ2v) is 6.43. The van der Waals surface area contributed by atoms with Crippen molar-refractivity contribution in [3.05, 3.63) is 35.9 Å². The molecule has 23 heavy (non-hydrogen) atoms. The van der Waals surface area contributed by atoms with E-state index >= 15 is 0 Å². The molecule has 0 bridgehead atoms. The minimum Gasteiger partial charge on any atom is -0.354 e. The summed E-state index contributed by atoms with van der Waals surface area (Å²) in [5.74, 6) is 0.356. The van der Waals surface area contributed by atoms with Crippen molar-refractivity contribution in [1.29, 1.82) is 0 Å². The molecule has 0 radical (unpaired) electrons. The molecule has 0 saturated heterocycles. The van der Waals surface area contributed by atoms with E-state index in [-0.39, 0.29) is 23.8 Å². The summed E-state index contributed by atoms with van der Waals surface area (Å²) in [5, 5.41) is 3.01. The molecule has 4 heteroatoms. The van der Waals surface area contributed by atoms with Crippen LogP contribution in [-0.4, -0.2) is 29.8 Å². The summed E-state index contributed by atoms with van der Waals surface area (Å²) in [6.07, 6.45) is 5.56. The Morgan fingerprint density at radius 3 is 2.43 bits per heavy atom. The molecule has 0 spiro atoms. The summed E-state index contributed by atoms with van der Waals surface area (Å²) in [5.41, 5.74) is 1.11. The van der Waals surface area contributed by atoms with E-state index in [4.69, 9.17) is 0 Å². The van der Waals surface area contributed by atoms with Crippen LogP contribution in [0.25, 0.3) is 0 Å². The number of carbonyl (C=O) groups excluding carboxylic acids is 2. The summed E-state index contributed by atoms with van der Waals surface area (Å²) < 4.78 is 0. The highest BCUT2D eigenvalue weighted by atomic mass is 16.2. The van der Waals surface area contributed by atoms with Gasteiger partial charge in [-0.25, -0.2) is 0 Å². The van der Waals surface area contributed by atoms with Gasteiger partial charge in [-0.05, 0) is 25.3 Å². The van der Waals surface area contributed by atoms with Crippen LogP contribution in [-0.2, 0) is 9.59 Å². The van der Waals surface area contributed by atoms with Gasteiger partial charge in [0.15, 0.2) is 0 Å². The monoisotopic (exact) mass is 316 g/mol. The fraction of sp³-hybridized carbons (Fsp3) is 0.579. The van der Waals surface area contributed by atoms with Gasteiger partial charge in [-0.15, -0.1) is 0 Å². The third-order valence-corrected chi connectivity index (χ3v) is 4.78. The molecule has 1 aliphatic rings. The number of hydrogen-bond donors (Lipinski definition) is 1. The van der Waals surface area contributed by atoms with E-state index in [0.29, 0.717) is 13.1 Å². The Kier molecular flexibility index (Phi) is 6.63. The number of nitrogens with zero attached hydrogens (tertiary/aromatic N) is 1. The maximum atomic E-state index is 12.2. The van der Waals surface area contributed by atoms with E-state index in [0.717, 1.165) is 31.2 Å². The average Bonchev–Trinajstić information content (AvgIpc) is 2.59. The topological polar surface area (TPSA) is 49.4 Å². The molecule has 1 aromatic carbocycles. The zero-order valence-electron chi connectivity index (χ0n) is 14.3.